The summed E-state index contributed by atoms with van der Waals surface area (Å²) in [4.78, 5) is 0. The molecule has 0 aromatic heterocycles. The molecule has 100 valence electrons. The summed E-state index contributed by atoms with van der Waals surface area (Å²) < 4.78 is 13.4. The third-order valence-electron chi connectivity index (χ3n) is 2.67. The van der Waals surface area contributed by atoms with Crippen molar-refractivity contribution >= 4 is 46.4 Å². The van der Waals surface area contributed by atoms with Crippen LogP contribution in [0.15, 0.2) is 24.3 Å². The zero-order chi connectivity index (χ0) is 14.2. The van der Waals surface area contributed by atoms with Crippen molar-refractivity contribution < 1.29 is 4.39 Å². The molecule has 0 radical (unpaired) electrons. The standard InChI is InChI=1S/C13H8Cl4FN/c14-8-4-9(15)12(16)13(17)11(8)6-1-2-10(18)7(3-6)5-19/h1-4H,5,19H2. The summed E-state index contributed by atoms with van der Waals surface area (Å²) in [5, 5.41) is 1.05. The molecule has 0 amide bonds. The highest BCUT2D eigenvalue weighted by atomic mass is 35.5. The number of hydrogen-bond acceptors (Lipinski definition) is 1. The number of hydrogen-bond donors (Lipinski definition) is 1. The van der Waals surface area contributed by atoms with Crippen LogP contribution < -0.4 is 5.73 Å². The van der Waals surface area contributed by atoms with Gasteiger partial charge in [-0.05, 0) is 23.8 Å². The Hall–Kier alpha value is -0.510. The van der Waals surface area contributed by atoms with E-state index in [9.17, 15) is 4.39 Å². The van der Waals surface area contributed by atoms with E-state index in [0.717, 1.165) is 0 Å². The first-order valence-electron chi connectivity index (χ1n) is 5.27. The lowest BCUT2D eigenvalue weighted by molar-refractivity contribution is 0.611. The summed E-state index contributed by atoms with van der Waals surface area (Å²) in [5.41, 5.74) is 6.99. The van der Waals surface area contributed by atoms with Crippen LogP contribution in [0.5, 0.6) is 0 Å². The van der Waals surface area contributed by atoms with Crippen LogP contribution in [-0.2, 0) is 6.54 Å². The summed E-state index contributed by atoms with van der Waals surface area (Å²) in [5.74, 6) is -0.376. The molecule has 2 aromatic carbocycles. The predicted octanol–water partition coefficient (Wildman–Crippen LogP) is 5.57. The fourth-order valence-electron chi connectivity index (χ4n) is 1.72. The van der Waals surface area contributed by atoms with Gasteiger partial charge in [-0.15, -0.1) is 0 Å². The average Bonchev–Trinajstić information content (AvgIpc) is 2.38. The van der Waals surface area contributed by atoms with Crippen LogP contribution >= 0.6 is 46.4 Å². The van der Waals surface area contributed by atoms with Gasteiger partial charge in [0.25, 0.3) is 0 Å². The maximum absolute atomic E-state index is 13.4. The van der Waals surface area contributed by atoms with Gasteiger partial charge in [0.2, 0.25) is 0 Å². The van der Waals surface area contributed by atoms with Gasteiger partial charge in [-0.25, -0.2) is 4.39 Å². The van der Waals surface area contributed by atoms with Crippen molar-refractivity contribution in [1.82, 2.24) is 0 Å². The second-order valence-corrected chi connectivity index (χ2v) is 5.42. The third-order valence-corrected chi connectivity index (χ3v) is 4.23. The minimum absolute atomic E-state index is 0.0796. The Labute approximate surface area is 130 Å². The van der Waals surface area contributed by atoms with E-state index in [4.69, 9.17) is 52.1 Å². The second kappa shape index (κ2) is 5.86. The highest BCUT2D eigenvalue weighted by Gasteiger charge is 2.16. The summed E-state index contributed by atoms with van der Waals surface area (Å²) >= 11 is 24.1. The first-order chi connectivity index (χ1) is 8.95. The van der Waals surface area contributed by atoms with E-state index in [0.29, 0.717) is 21.7 Å². The molecule has 19 heavy (non-hydrogen) atoms. The molecule has 0 fully saturated rings. The lowest BCUT2D eigenvalue weighted by Gasteiger charge is -2.11. The number of nitrogens with two attached hydrogens (primary N) is 1. The SMILES string of the molecule is NCc1cc(-c2c(Cl)cc(Cl)c(Cl)c2Cl)ccc1F. The first-order valence-corrected chi connectivity index (χ1v) is 6.78. The second-order valence-electron chi connectivity index (χ2n) is 3.85. The summed E-state index contributed by atoms with van der Waals surface area (Å²) in [6.45, 7) is 0.0796. The van der Waals surface area contributed by atoms with Crippen LogP contribution in [0.25, 0.3) is 11.1 Å². The molecule has 0 heterocycles. The largest absolute Gasteiger partial charge is 0.326 e. The Morgan fingerprint density at radius 1 is 0.947 bits per heavy atom. The minimum atomic E-state index is -0.376. The van der Waals surface area contributed by atoms with Crippen molar-refractivity contribution in [3.8, 4) is 11.1 Å². The van der Waals surface area contributed by atoms with E-state index in [1.54, 1.807) is 12.1 Å². The Morgan fingerprint density at radius 2 is 1.63 bits per heavy atom. The Kier molecular flexibility index (Phi) is 4.59. The zero-order valence-corrected chi connectivity index (χ0v) is 12.5. The Balaban J connectivity index is 2.69. The van der Waals surface area contributed by atoms with Gasteiger partial charge in [-0.1, -0.05) is 52.5 Å². The maximum Gasteiger partial charge on any atom is 0.127 e. The zero-order valence-electron chi connectivity index (χ0n) is 9.48. The van der Waals surface area contributed by atoms with Gasteiger partial charge >= 0.3 is 0 Å². The van der Waals surface area contributed by atoms with Gasteiger partial charge in [-0.2, -0.15) is 0 Å². The van der Waals surface area contributed by atoms with Crippen LogP contribution in [-0.4, -0.2) is 0 Å². The van der Waals surface area contributed by atoms with Gasteiger partial charge < -0.3 is 5.73 Å². The van der Waals surface area contributed by atoms with E-state index < -0.39 is 0 Å². The molecular weight excluding hydrogens is 331 g/mol. The van der Waals surface area contributed by atoms with Crippen molar-refractivity contribution in [1.29, 1.82) is 0 Å². The molecule has 0 aliphatic carbocycles. The lowest BCUT2D eigenvalue weighted by Crippen LogP contribution is -2.00. The van der Waals surface area contributed by atoms with Gasteiger partial charge in [0.15, 0.2) is 0 Å². The molecule has 0 aliphatic heterocycles. The molecule has 0 bridgehead atoms. The molecule has 2 rings (SSSR count). The van der Waals surface area contributed by atoms with Crippen molar-refractivity contribution in [3.63, 3.8) is 0 Å². The van der Waals surface area contributed by atoms with Crippen molar-refractivity contribution in [2.45, 2.75) is 6.54 Å². The predicted molar refractivity (Wildman–Crippen MR) is 79.8 cm³/mol. The van der Waals surface area contributed by atoms with E-state index in [1.165, 1.54) is 12.1 Å². The molecule has 0 saturated carbocycles. The van der Waals surface area contributed by atoms with Crippen molar-refractivity contribution in [3.05, 3.63) is 55.7 Å². The Bertz CT molecular complexity index is 643. The van der Waals surface area contributed by atoms with Crippen LogP contribution in [0.3, 0.4) is 0 Å². The smallest absolute Gasteiger partial charge is 0.127 e. The number of halogens is 5. The van der Waals surface area contributed by atoms with E-state index >= 15 is 0 Å². The Morgan fingerprint density at radius 3 is 2.26 bits per heavy atom. The number of rotatable bonds is 2. The van der Waals surface area contributed by atoms with Crippen molar-refractivity contribution in [2.75, 3.05) is 0 Å². The van der Waals surface area contributed by atoms with Crippen LogP contribution in [0.1, 0.15) is 5.56 Å². The third kappa shape index (κ3) is 2.83. The summed E-state index contributed by atoms with van der Waals surface area (Å²) in [7, 11) is 0. The first kappa shape index (κ1) is 14.9. The van der Waals surface area contributed by atoms with E-state index in [2.05, 4.69) is 0 Å². The fraction of sp³-hybridized carbons (Fsp3) is 0.0769. The molecular formula is C13H8Cl4FN. The van der Waals surface area contributed by atoms with Gasteiger partial charge in [0.1, 0.15) is 5.82 Å². The molecule has 0 spiro atoms. The van der Waals surface area contributed by atoms with E-state index in [1.807, 2.05) is 0 Å². The highest BCUT2D eigenvalue weighted by Crippen LogP contribution is 2.43. The van der Waals surface area contributed by atoms with Gasteiger partial charge in [0.05, 0.1) is 20.1 Å². The quantitative estimate of drug-likeness (QED) is 0.562. The summed E-state index contributed by atoms with van der Waals surface area (Å²) in [6, 6.07) is 5.96. The molecule has 2 N–H and O–H groups in total. The lowest BCUT2D eigenvalue weighted by atomic mass is 10.0. The maximum atomic E-state index is 13.4. The van der Waals surface area contributed by atoms with Gasteiger partial charge in [-0.3, -0.25) is 0 Å². The van der Waals surface area contributed by atoms with Crippen LogP contribution in [0.2, 0.25) is 20.1 Å². The van der Waals surface area contributed by atoms with Gasteiger partial charge in [0, 0.05) is 17.7 Å². The highest BCUT2D eigenvalue weighted by molar-refractivity contribution is 6.51. The van der Waals surface area contributed by atoms with Crippen LogP contribution in [0, 0.1) is 5.82 Å². The molecule has 6 heteroatoms. The normalized spacial score (nSPS) is 10.8. The molecule has 0 saturated heterocycles. The van der Waals surface area contributed by atoms with E-state index in [-0.39, 0.29) is 27.4 Å². The van der Waals surface area contributed by atoms with Crippen molar-refractivity contribution in [2.24, 2.45) is 5.73 Å². The molecule has 0 aliphatic rings. The monoisotopic (exact) mass is 337 g/mol. The number of benzene rings is 2. The fourth-order valence-corrected chi connectivity index (χ4v) is 2.85. The molecule has 0 atom stereocenters. The average molecular weight is 339 g/mol. The van der Waals surface area contributed by atoms with Crippen LogP contribution in [0.4, 0.5) is 4.39 Å². The molecule has 1 nitrogen and oxygen atoms in total. The molecule has 0 unspecified atom stereocenters. The topological polar surface area (TPSA) is 26.0 Å². The summed E-state index contributed by atoms with van der Waals surface area (Å²) in [6.07, 6.45) is 0. The minimum Gasteiger partial charge on any atom is -0.326 e. The molecule has 2 aromatic rings.